The van der Waals surface area contributed by atoms with Crippen molar-refractivity contribution in [3.63, 3.8) is 0 Å². The molecule has 1 aliphatic heterocycles. The lowest BCUT2D eigenvalue weighted by Crippen LogP contribution is -2.45. The minimum atomic E-state index is -0.577. The van der Waals surface area contributed by atoms with Gasteiger partial charge < -0.3 is 5.32 Å². The van der Waals surface area contributed by atoms with Crippen LogP contribution in [0.1, 0.15) is 30.4 Å². The van der Waals surface area contributed by atoms with Gasteiger partial charge in [-0.3, -0.25) is 24.0 Å². The van der Waals surface area contributed by atoms with Gasteiger partial charge in [0.05, 0.1) is 0 Å². The van der Waals surface area contributed by atoms with Gasteiger partial charge in [-0.1, -0.05) is 36.2 Å². The molecular weight excluding hydrogens is 380 g/mol. The second kappa shape index (κ2) is 9.21. The molecule has 28 heavy (non-hydrogen) atoms. The molecule has 0 spiro atoms. The Morgan fingerprint density at radius 2 is 2.07 bits per heavy atom. The van der Waals surface area contributed by atoms with Crippen molar-refractivity contribution in [2.75, 3.05) is 13.1 Å². The summed E-state index contributed by atoms with van der Waals surface area (Å²) in [5.41, 5.74) is 0.465. The standard InChI is InChI=1S/C20H25ClN4O3/c1-14-10-25(20(28)23-19(14)27)13-18(26)22-16-7-4-5-9-24(12-16)11-15-6-2-3-8-17(15)21/h2-3,6,8,10,16H,4-5,7,9,11-13H2,1H3,(H,22,26)(H,23,27,28). The van der Waals surface area contributed by atoms with Gasteiger partial charge in [0.1, 0.15) is 6.54 Å². The number of hydrogen-bond acceptors (Lipinski definition) is 4. The number of aromatic nitrogens is 2. The summed E-state index contributed by atoms with van der Waals surface area (Å²) in [4.78, 5) is 40.3. The predicted molar refractivity (Wildman–Crippen MR) is 109 cm³/mol. The topological polar surface area (TPSA) is 87.2 Å². The molecule has 1 unspecified atom stereocenters. The fourth-order valence-electron chi connectivity index (χ4n) is 3.51. The van der Waals surface area contributed by atoms with Crippen molar-refractivity contribution in [3.8, 4) is 0 Å². The maximum atomic E-state index is 12.5. The molecule has 1 atom stereocenters. The molecule has 1 aliphatic rings. The molecule has 1 saturated heterocycles. The first kappa shape index (κ1) is 20.4. The third-order valence-electron chi connectivity index (χ3n) is 4.98. The molecule has 1 amide bonds. The zero-order valence-electron chi connectivity index (χ0n) is 15.9. The summed E-state index contributed by atoms with van der Waals surface area (Å²) in [6.45, 7) is 3.92. The van der Waals surface area contributed by atoms with Gasteiger partial charge in [0, 0.05) is 35.9 Å². The van der Waals surface area contributed by atoms with Crippen molar-refractivity contribution in [2.45, 2.75) is 45.3 Å². The monoisotopic (exact) mass is 404 g/mol. The highest BCUT2D eigenvalue weighted by atomic mass is 35.5. The molecule has 2 aromatic rings. The second-order valence-electron chi connectivity index (χ2n) is 7.29. The fourth-order valence-corrected chi connectivity index (χ4v) is 3.71. The normalized spacial score (nSPS) is 17.9. The van der Waals surface area contributed by atoms with E-state index in [1.165, 1.54) is 10.8 Å². The van der Waals surface area contributed by atoms with Gasteiger partial charge in [-0.25, -0.2) is 4.79 Å². The number of H-pyrrole nitrogens is 1. The maximum absolute atomic E-state index is 12.5. The Kier molecular flexibility index (Phi) is 6.70. The third kappa shape index (κ3) is 5.33. The van der Waals surface area contributed by atoms with Crippen molar-refractivity contribution in [3.05, 3.63) is 67.4 Å². The summed E-state index contributed by atoms with van der Waals surface area (Å²) in [7, 11) is 0. The molecule has 0 aliphatic carbocycles. The van der Waals surface area contributed by atoms with Crippen LogP contribution in [0.2, 0.25) is 5.02 Å². The Balaban J connectivity index is 1.62. The van der Waals surface area contributed by atoms with Gasteiger partial charge in [0.25, 0.3) is 5.56 Å². The SMILES string of the molecule is Cc1cn(CC(=O)NC2CCCCN(Cc3ccccc3Cl)C2)c(=O)[nH]c1=O. The number of hydrogen-bond donors (Lipinski definition) is 2. The van der Waals surface area contributed by atoms with E-state index in [1.54, 1.807) is 6.92 Å². The van der Waals surface area contributed by atoms with Crippen molar-refractivity contribution in [1.82, 2.24) is 19.8 Å². The molecule has 2 heterocycles. The molecule has 150 valence electrons. The van der Waals surface area contributed by atoms with E-state index < -0.39 is 11.2 Å². The van der Waals surface area contributed by atoms with Crippen molar-refractivity contribution in [1.29, 1.82) is 0 Å². The average Bonchev–Trinajstić information content (AvgIpc) is 2.86. The Morgan fingerprint density at radius 1 is 1.29 bits per heavy atom. The molecule has 0 radical (unpaired) electrons. The number of carbonyl (C=O) groups is 1. The van der Waals surface area contributed by atoms with Crippen LogP contribution in [0, 0.1) is 6.92 Å². The zero-order valence-corrected chi connectivity index (χ0v) is 16.7. The number of carbonyl (C=O) groups excluding carboxylic acids is 1. The van der Waals surface area contributed by atoms with Crippen LogP contribution in [-0.2, 0) is 17.9 Å². The first-order valence-electron chi connectivity index (χ1n) is 9.48. The lowest BCUT2D eigenvalue weighted by atomic mass is 10.1. The number of benzene rings is 1. The van der Waals surface area contributed by atoms with Gasteiger partial charge in [-0.2, -0.15) is 0 Å². The quantitative estimate of drug-likeness (QED) is 0.793. The van der Waals surface area contributed by atoms with Crippen LogP contribution < -0.4 is 16.6 Å². The highest BCUT2D eigenvalue weighted by Crippen LogP contribution is 2.19. The highest BCUT2D eigenvalue weighted by molar-refractivity contribution is 6.31. The maximum Gasteiger partial charge on any atom is 0.328 e. The molecular formula is C20H25ClN4O3. The van der Waals surface area contributed by atoms with Crippen molar-refractivity contribution in [2.24, 2.45) is 0 Å². The number of likely N-dealkylation sites (tertiary alicyclic amines) is 1. The molecule has 3 rings (SSSR count). The predicted octanol–water partition coefficient (Wildman–Crippen LogP) is 1.67. The van der Waals surface area contributed by atoms with E-state index in [9.17, 15) is 14.4 Å². The first-order chi connectivity index (χ1) is 13.4. The average molecular weight is 405 g/mol. The van der Waals surface area contributed by atoms with E-state index in [-0.39, 0.29) is 18.5 Å². The summed E-state index contributed by atoms with van der Waals surface area (Å²) in [5.74, 6) is -0.238. The summed E-state index contributed by atoms with van der Waals surface area (Å²) >= 11 is 6.28. The molecule has 0 bridgehead atoms. The summed E-state index contributed by atoms with van der Waals surface area (Å²) in [5, 5.41) is 3.78. The molecule has 1 fully saturated rings. The van der Waals surface area contributed by atoms with Crippen LogP contribution >= 0.6 is 11.6 Å². The van der Waals surface area contributed by atoms with Gasteiger partial charge in [0.2, 0.25) is 5.91 Å². The molecule has 7 nitrogen and oxygen atoms in total. The Morgan fingerprint density at radius 3 is 2.86 bits per heavy atom. The van der Waals surface area contributed by atoms with Crippen LogP contribution in [0.25, 0.3) is 0 Å². The van der Waals surface area contributed by atoms with Gasteiger partial charge >= 0.3 is 5.69 Å². The Hall–Kier alpha value is -2.38. The van der Waals surface area contributed by atoms with Crippen molar-refractivity contribution < 1.29 is 4.79 Å². The van der Waals surface area contributed by atoms with Crippen LogP contribution in [0.5, 0.6) is 0 Å². The minimum Gasteiger partial charge on any atom is -0.351 e. The highest BCUT2D eigenvalue weighted by Gasteiger charge is 2.21. The summed E-state index contributed by atoms with van der Waals surface area (Å²) in [6.07, 6.45) is 4.40. The number of halogens is 1. The molecule has 0 saturated carbocycles. The van der Waals surface area contributed by atoms with Gasteiger partial charge in [0.15, 0.2) is 0 Å². The number of aromatic amines is 1. The lowest BCUT2D eigenvalue weighted by Gasteiger charge is -2.25. The second-order valence-corrected chi connectivity index (χ2v) is 7.69. The van der Waals surface area contributed by atoms with E-state index in [0.717, 1.165) is 49.5 Å². The number of rotatable bonds is 5. The van der Waals surface area contributed by atoms with Crippen LogP contribution in [0.15, 0.2) is 40.1 Å². The fraction of sp³-hybridized carbons (Fsp3) is 0.450. The van der Waals surface area contributed by atoms with Crippen LogP contribution in [0.4, 0.5) is 0 Å². The van der Waals surface area contributed by atoms with Gasteiger partial charge in [-0.05, 0) is 37.9 Å². The number of amides is 1. The summed E-state index contributed by atoms with van der Waals surface area (Å²) < 4.78 is 1.23. The van der Waals surface area contributed by atoms with E-state index in [4.69, 9.17) is 11.6 Å². The van der Waals surface area contributed by atoms with E-state index in [1.807, 2.05) is 24.3 Å². The Bertz CT molecular complexity index is 953. The number of aryl methyl sites for hydroxylation is 1. The largest absolute Gasteiger partial charge is 0.351 e. The molecule has 1 aromatic carbocycles. The van der Waals surface area contributed by atoms with Crippen molar-refractivity contribution >= 4 is 17.5 Å². The smallest absolute Gasteiger partial charge is 0.328 e. The van der Waals surface area contributed by atoms with Gasteiger partial charge in [-0.15, -0.1) is 0 Å². The molecule has 8 heteroatoms. The van der Waals surface area contributed by atoms with E-state index in [2.05, 4.69) is 15.2 Å². The lowest BCUT2D eigenvalue weighted by molar-refractivity contribution is -0.122. The Labute approximate surface area is 168 Å². The molecule has 1 aromatic heterocycles. The third-order valence-corrected chi connectivity index (χ3v) is 5.34. The van der Waals surface area contributed by atoms with Crippen LogP contribution in [-0.4, -0.2) is 39.5 Å². The van der Waals surface area contributed by atoms with E-state index in [0.29, 0.717) is 5.56 Å². The zero-order chi connectivity index (χ0) is 20.1. The van der Waals surface area contributed by atoms with E-state index >= 15 is 0 Å². The number of nitrogens with one attached hydrogen (secondary N) is 2. The molecule has 2 N–H and O–H groups in total. The van der Waals surface area contributed by atoms with Crippen LogP contribution in [0.3, 0.4) is 0 Å². The summed E-state index contributed by atoms with van der Waals surface area (Å²) in [6, 6.07) is 7.81. The number of nitrogens with zero attached hydrogens (tertiary/aromatic N) is 2. The first-order valence-corrected chi connectivity index (χ1v) is 9.85. The minimum absolute atomic E-state index is 0.0112.